The molecule has 1 aromatic rings. The van der Waals surface area contributed by atoms with E-state index in [-0.39, 0.29) is 0 Å². The van der Waals surface area contributed by atoms with Gasteiger partial charge in [-0.1, -0.05) is 20.8 Å². The van der Waals surface area contributed by atoms with Crippen LogP contribution in [-0.4, -0.2) is 0 Å². The quantitative estimate of drug-likeness (QED) is 0.649. The molecule has 0 fully saturated rings. The first kappa shape index (κ1) is 9.82. The number of furan rings is 1. The zero-order valence-electron chi connectivity index (χ0n) is 9.63. The summed E-state index contributed by atoms with van der Waals surface area (Å²) < 4.78 is 5.80. The molecule has 0 aromatic carbocycles. The SMILES string of the molecule is Cc1cc2c(o1)C(C)CCC2C(C)C. The molecule has 2 unspecified atom stereocenters. The van der Waals surface area contributed by atoms with Crippen molar-refractivity contribution < 1.29 is 4.42 Å². The first-order valence-electron chi connectivity index (χ1n) is 5.69. The Bertz CT molecular complexity index is 322. The fraction of sp³-hybridized carbons (Fsp3) is 0.692. The summed E-state index contributed by atoms with van der Waals surface area (Å²) in [5.41, 5.74) is 1.48. The summed E-state index contributed by atoms with van der Waals surface area (Å²) in [6.45, 7) is 8.96. The highest BCUT2D eigenvalue weighted by atomic mass is 16.3. The molecule has 2 atom stereocenters. The minimum absolute atomic E-state index is 0.619. The Kier molecular flexibility index (Phi) is 2.42. The third-order valence-electron chi connectivity index (χ3n) is 3.48. The third-order valence-corrected chi connectivity index (χ3v) is 3.48. The van der Waals surface area contributed by atoms with Crippen LogP contribution in [0.3, 0.4) is 0 Å². The van der Waals surface area contributed by atoms with Gasteiger partial charge in [0.15, 0.2) is 0 Å². The van der Waals surface area contributed by atoms with E-state index in [1.165, 1.54) is 24.2 Å². The fourth-order valence-corrected chi connectivity index (χ4v) is 2.64. The molecule has 78 valence electrons. The molecule has 1 heteroatoms. The van der Waals surface area contributed by atoms with Gasteiger partial charge in [-0.25, -0.2) is 0 Å². The maximum Gasteiger partial charge on any atom is 0.110 e. The lowest BCUT2D eigenvalue weighted by Gasteiger charge is -2.28. The first-order valence-corrected chi connectivity index (χ1v) is 5.69. The lowest BCUT2D eigenvalue weighted by Crippen LogP contribution is -2.15. The molecule has 0 N–H and O–H groups in total. The second-order valence-electron chi connectivity index (χ2n) is 5.01. The second-order valence-corrected chi connectivity index (χ2v) is 5.01. The highest BCUT2D eigenvalue weighted by Crippen LogP contribution is 2.43. The molecule has 0 amide bonds. The first-order chi connectivity index (χ1) is 6.59. The van der Waals surface area contributed by atoms with E-state index in [0.717, 1.165) is 17.6 Å². The van der Waals surface area contributed by atoms with Crippen LogP contribution in [0.2, 0.25) is 0 Å². The Hall–Kier alpha value is -0.720. The van der Waals surface area contributed by atoms with Gasteiger partial charge in [0.2, 0.25) is 0 Å². The molecule has 0 saturated carbocycles. The summed E-state index contributed by atoms with van der Waals surface area (Å²) in [5, 5.41) is 0. The standard InChI is InChI=1S/C13H20O/c1-8(2)11-6-5-9(3)13-12(11)7-10(4)14-13/h7-9,11H,5-6H2,1-4H3. The summed E-state index contributed by atoms with van der Waals surface area (Å²) in [5.74, 6) is 4.41. The summed E-state index contributed by atoms with van der Waals surface area (Å²) in [6.07, 6.45) is 2.60. The molecular weight excluding hydrogens is 172 g/mol. The van der Waals surface area contributed by atoms with Crippen molar-refractivity contribution in [2.75, 3.05) is 0 Å². The number of hydrogen-bond donors (Lipinski definition) is 0. The molecule has 0 bridgehead atoms. The zero-order chi connectivity index (χ0) is 10.3. The molecule has 1 aliphatic rings. The van der Waals surface area contributed by atoms with Crippen LogP contribution in [0.4, 0.5) is 0 Å². The Balaban J connectivity index is 2.41. The molecule has 1 heterocycles. The maximum atomic E-state index is 5.80. The Morgan fingerprint density at radius 2 is 2.07 bits per heavy atom. The van der Waals surface area contributed by atoms with E-state index in [0.29, 0.717) is 5.92 Å². The van der Waals surface area contributed by atoms with Gasteiger partial charge in [-0.2, -0.15) is 0 Å². The van der Waals surface area contributed by atoms with Gasteiger partial charge in [-0.3, -0.25) is 0 Å². The molecule has 0 spiro atoms. The van der Waals surface area contributed by atoms with Crippen molar-refractivity contribution in [3.63, 3.8) is 0 Å². The summed E-state index contributed by atoms with van der Waals surface area (Å²) in [6, 6.07) is 2.25. The van der Waals surface area contributed by atoms with Crippen LogP contribution in [0.15, 0.2) is 10.5 Å². The Labute approximate surface area is 86.5 Å². The summed E-state index contributed by atoms with van der Waals surface area (Å²) >= 11 is 0. The lowest BCUT2D eigenvalue weighted by atomic mass is 9.76. The molecule has 1 aliphatic carbocycles. The predicted molar refractivity (Wildman–Crippen MR) is 58.7 cm³/mol. The normalized spacial score (nSPS) is 26.6. The third kappa shape index (κ3) is 1.49. The van der Waals surface area contributed by atoms with Crippen molar-refractivity contribution in [3.05, 3.63) is 23.2 Å². The highest BCUT2D eigenvalue weighted by molar-refractivity contribution is 5.30. The van der Waals surface area contributed by atoms with Crippen LogP contribution in [0.1, 0.15) is 62.5 Å². The summed E-state index contributed by atoms with van der Waals surface area (Å²) in [4.78, 5) is 0. The van der Waals surface area contributed by atoms with Crippen LogP contribution in [0, 0.1) is 12.8 Å². The van der Waals surface area contributed by atoms with Crippen molar-refractivity contribution in [3.8, 4) is 0 Å². The van der Waals surface area contributed by atoms with E-state index < -0.39 is 0 Å². The van der Waals surface area contributed by atoms with Crippen LogP contribution < -0.4 is 0 Å². The second kappa shape index (κ2) is 3.45. The van der Waals surface area contributed by atoms with Crippen molar-refractivity contribution in [2.24, 2.45) is 5.92 Å². The number of aryl methyl sites for hydroxylation is 1. The number of fused-ring (bicyclic) bond motifs is 1. The molecular formula is C13H20O. The minimum atomic E-state index is 0.619. The van der Waals surface area contributed by atoms with E-state index in [1.807, 2.05) is 0 Å². The highest BCUT2D eigenvalue weighted by Gasteiger charge is 2.29. The van der Waals surface area contributed by atoms with Crippen LogP contribution in [0.25, 0.3) is 0 Å². The molecule has 1 aromatic heterocycles. The topological polar surface area (TPSA) is 13.1 Å². The molecule has 2 rings (SSSR count). The van der Waals surface area contributed by atoms with Crippen LogP contribution in [-0.2, 0) is 0 Å². The van der Waals surface area contributed by atoms with Crippen molar-refractivity contribution in [1.82, 2.24) is 0 Å². The smallest absolute Gasteiger partial charge is 0.110 e. The van der Waals surface area contributed by atoms with Crippen molar-refractivity contribution in [1.29, 1.82) is 0 Å². The summed E-state index contributed by atoms with van der Waals surface area (Å²) in [7, 11) is 0. The van der Waals surface area contributed by atoms with E-state index >= 15 is 0 Å². The van der Waals surface area contributed by atoms with Crippen LogP contribution >= 0.6 is 0 Å². The number of rotatable bonds is 1. The Morgan fingerprint density at radius 1 is 1.36 bits per heavy atom. The molecule has 0 saturated heterocycles. The number of hydrogen-bond acceptors (Lipinski definition) is 1. The van der Waals surface area contributed by atoms with Gasteiger partial charge in [0, 0.05) is 5.92 Å². The lowest BCUT2D eigenvalue weighted by molar-refractivity contribution is 0.358. The van der Waals surface area contributed by atoms with Gasteiger partial charge < -0.3 is 4.42 Å². The van der Waals surface area contributed by atoms with E-state index in [1.54, 1.807) is 0 Å². The van der Waals surface area contributed by atoms with Crippen LogP contribution in [0.5, 0.6) is 0 Å². The van der Waals surface area contributed by atoms with Crippen molar-refractivity contribution in [2.45, 2.75) is 52.4 Å². The van der Waals surface area contributed by atoms with E-state index in [4.69, 9.17) is 4.42 Å². The molecule has 1 nitrogen and oxygen atoms in total. The van der Waals surface area contributed by atoms with E-state index in [2.05, 4.69) is 33.8 Å². The Morgan fingerprint density at radius 3 is 2.71 bits per heavy atom. The van der Waals surface area contributed by atoms with Gasteiger partial charge in [-0.05, 0) is 43.2 Å². The zero-order valence-corrected chi connectivity index (χ0v) is 9.63. The fourth-order valence-electron chi connectivity index (χ4n) is 2.64. The molecule has 0 aliphatic heterocycles. The van der Waals surface area contributed by atoms with Gasteiger partial charge in [0.25, 0.3) is 0 Å². The predicted octanol–water partition coefficient (Wildman–Crippen LogP) is 4.22. The van der Waals surface area contributed by atoms with Crippen molar-refractivity contribution >= 4 is 0 Å². The average molecular weight is 192 g/mol. The van der Waals surface area contributed by atoms with E-state index in [9.17, 15) is 0 Å². The molecule has 14 heavy (non-hydrogen) atoms. The molecule has 0 radical (unpaired) electrons. The van der Waals surface area contributed by atoms with Gasteiger partial charge in [0.1, 0.15) is 11.5 Å². The van der Waals surface area contributed by atoms with Gasteiger partial charge >= 0.3 is 0 Å². The minimum Gasteiger partial charge on any atom is -0.466 e. The van der Waals surface area contributed by atoms with Gasteiger partial charge in [-0.15, -0.1) is 0 Å². The monoisotopic (exact) mass is 192 g/mol. The maximum absolute atomic E-state index is 5.80. The van der Waals surface area contributed by atoms with Gasteiger partial charge in [0.05, 0.1) is 0 Å². The largest absolute Gasteiger partial charge is 0.466 e. The average Bonchev–Trinajstić information content (AvgIpc) is 2.47.